The molecule has 0 aliphatic rings. The molecule has 0 fully saturated rings. The van der Waals surface area contributed by atoms with Crippen molar-refractivity contribution < 1.29 is 23.7 Å². The van der Waals surface area contributed by atoms with Gasteiger partial charge in [-0.15, -0.1) is 0 Å². The number of hydrogen-bond donors (Lipinski definition) is 1. The molecule has 0 aliphatic heterocycles. The maximum atomic E-state index is 12.9. The largest absolute Gasteiger partial charge is 0.438 e. The summed E-state index contributed by atoms with van der Waals surface area (Å²) in [5.74, 6) is 1.71. The number of ether oxygens (including phenoxy) is 4. The monoisotopic (exact) mass is 543 g/mol. The first kappa shape index (κ1) is 29.1. The van der Waals surface area contributed by atoms with E-state index in [1.165, 1.54) is 5.56 Å². The van der Waals surface area contributed by atoms with E-state index < -0.39 is 0 Å². The summed E-state index contributed by atoms with van der Waals surface area (Å²) >= 11 is 0. The van der Waals surface area contributed by atoms with Crippen LogP contribution in [-0.4, -0.2) is 62.6 Å². The number of carbonyl (C=O) groups excluding carboxylic acids is 1. The lowest BCUT2D eigenvalue weighted by molar-refractivity contribution is 0.0255. The predicted octanol–water partition coefficient (Wildman–Crippen LogP) is 5.29. The number of rotatable bonds is 15. The van der Waals surface area contributed by atoms with Crippen molar-refractivity contribution in [2.24, 2.45) is 0 Å². The average Bonchev–Trinajstić information content (AvgIpc) is 2.98. The highest BCUT2D eigenvalue weighted by Crippen LogP contribution is 2.31. The van der Waals surface area contributed by atoms with Crippen LogP contribution in [0.5, 0.6) is 11.6 Å². The lowest BCUT2D eigenvalue weighted by Crippen LogP contribution is -2.28. The van der Waals surface area contributed by atoms with Crippen LogP contribution in [0.25, 0.3) is 10.8 Å². The summed E-state index contributed by atoms with van der Waals surface area (Å²) in [6.45, 7) is 7.05. The van der Waals surface area contributed by atoms with Gasteiger partial charge in [0.1, 0.15) is 11.6 Å². The number of nitrogens with zero attached hydrogens (tertiary/aromatic N) is 2. The van der Waals surface area contributed by atoms with Gasteiger partial charge >= 0.3 is 0 Å². The lowest BCUT2D eigenvalue weighted by atomic mass is 10.0. The van der Waals surface area contributed by atoms with Crippen LogP contribution >= 0.6 is 0 Å². The van der Waals surface area contributed by atoms with Gasteiger partial charge in [-0.3, -0.25) is 4.79 Å². The van der Waals surface area contributed by atoms with Crippen LogP contribution in [0.1, 0.15) is 39.8 Å². The fourth-order valence-corrected chi connectivity index (χ4v) is 4.33. The molecule has 0 spiro atoms. The SMILES string of the molecule is CCc1cc(Cc2nccc(Oc3ccc(C)c4ccccc34)n2)cc(C(=O)NCCOCCOCCOC)c1. The quantitative estimate of drug-likeness (QED) is 0.204. The van der Waals surface area contributed by atoms with Crippen molar-refractivity contribution >= 4 is 16.7 Å². The van der Waals surface area contributed by atoms with Crippen molar-refractivity contribution in [2.45, 2.75) is 26.7 Å². The van der Waals surface area contributed by atoms with Crippen LogP contribution in [0.3, 0.4) is 0 Å². The third-order valence-electron chi connectivity index (χ3n) is 6.42. The fraction of sp³-hybridized carbons (Fsp3) is 0.344. The van der Waals surface area contributed by atoms with Crippen LogP contribution < -0.4 is 10.1 Å². The normalized spacial score (nSPS) is 11.1. The first-order chi connectivity index (χ1) is 19.6. The van der Waals surface area contributed by atoms with Crippen molar-refractivity contribution in [2.75, 3.05) is 46.7 Å². The number of hydrogen-bond acceptors (Lipinski definition) is 7. The number of benzene rings is 3. The van der Waals surface area contributed by atoms with Gasteiger partial charge in [0.05, 0.1) is 33.0 Å². The van der Waals surface area contributed by atoms with E-state index in [-0.39, 0.29) is 5.91 Å². The minimum atomic E-state index is -0.138. The lowest BCUT2D eigenvalue weighted by Gasteiger charge is -2.12. The van der Waals surface area contributed by atoms with Gasteiger partial charge in [-0.25, -0.2) is 4.98 Å². The molecule has 0 radical (unpaired) electrons. The van der Waals surface area contributed by atoms with E-state index in [1.807, 2.05) is 42.5 Å². The van der Waals surface area contributed by atoms with Crippen molar-refractivity contribution in [3.63, 3.8) is 0 Å². The van der Waals surface area contributed by atoms with E-state index in [4.69, 9.17) is 18.9 Å². The van der Waals surface area contributed by atoms with Crippen molar-refractivity contribution in [3.05, 3.63) is 94.9 Å². The second-order valence-corrected chi connectivity index (χ2v) is 9.38. The van der Waals surface area contributed by atoms with E-state index in [2.05, 4.69) is 41.3 Å². The zero-order chi connectivity index (χ0) is 28.2. The molecule has 0 saturated heterocycles. The second kappa shape index (κ2) is 15.1. The Morgan fingerprint density at radius 1 is 0.875 bits per heavy atom. The number of carbonyl (C=O) groups is 1. The summed E-state index contributed by atoms with van der Waals surface area (Å²) in [6, 6.07) is 19.8. The number of methoxy groups -OCH3 is 1. The molecule has 8 nitrogen and oxygen atoms in total. The molecule has 0 atom stereocenters. The number of aryl methyl sites for hydroxylation is 2. The number of amides is 1. The van der Waals surface area contributed by atoms with Crippen molar-refractivity contribution in [1.82, 2.24) is 15.3 Å². The molecule has 4 aromatic rings. The maximum absolute atomic E-state index is 12.9. The Labute approximate surface area is 235 Å². The topological polar surface area (TPSA) is 91.8 Å². The molecule has 8 heteroatoms. The Morgan fingerprint density at radius 3 is 2.42 bits per heavy atom. The standard InChI is InChI=1S/C32H37N3O5/c1-4-24-19-25(21-26(20-24)32(36)34-13-14-38-17-18-39-16-15-37-3)22-30-33-12-11-31(35-30)40-29-10-9-23(2)27-7-5-6-8-28(27)29/h5-12,19-21H,4,13-18,22H2,1-3H3,(H,34,36). The maximum Gasteiger partial charge on any atom is 0.251 e. The molecule has 3 aromatic carbocycles. The van der Waals surface area contributed by atoms with Crippen LogP contribution in [0.2, 0.25) is 0 Å². The molecule has 0 unspecified atom stereocenters. The smallest absolute Gasteiger partial charge is 0.251 e. The molecule has 210 valence electrons. The van der Waals surface area contributed by atoms with E-state index in [1.54, 1.807) is 19.4 Å². The van der Waals surface area contributed by atoms with Gasteiger partial charge in [0, 0.05) is 43.3 Å². The number of nitrogens with one attached hydrogen (secondary N) is 1. The first-order valence-electron chi connectivity index (χ1n) is 13.6. The van der Waals surface area contributed by atoms with Crippen LogP contribution in [0, 0.1) is 6.92 Å². The third-order valence-corrected chi connectivity index (χ3v) is 6.42. The van der Waals surface area contributed by atoms with E-state index in [0.29, 0.717) is 63.3 Å². The minimum absolute atomic E-state index is 0.138. The summed E-state index contributed by atoms with van der Waals surface area (Å²) in [5.41, 5.74) is 3.84. The average molecular weight is 544 g/mol. The zero-order valence-corrected chi connectivity index (χ0v) is 23.4. The molecule has 4 rings (SSSR count). The van der Waals surface area contributed by atoms with Gasteiger partial charge in [-0.1, -0.05) is 43.3 Å². The van der Waals surface area contributed by atoms with Crippen molar-refractivity contribution in [1.29, 1.82) is 0 Å². The highest BCUT2D eigenvalue weighted by molar-refractivity contribution is 5.94. The van der Waals surface area contributed by atoms with Gasteiger partial charge in [0.25, 0.3) is 5.91 Å². The minimum Gasteiger partial charge on any atom is -0.438 e. The van der Waals surface area contributed by atoms with Gasteiger partial charge in [0.15, 0.2) is 0 Å². The molecule has 0 aliphatic carbocycles. The molecule has 0 saturated carbocycles. The number of aromatic nitrogens is 2. The molecular weight excluding hydrogens is 506 g/mol. The van der Waals surface area contributed by atoms with Gasteiger partial charge in [0.2, 0.25) is 5.88 Å². The highest BCUT2D eigenvalue weighted by Gasteiger charge is 2.11. The van der Waals surface area contributed by atoms with Crippen LogP contribution in [0.4, 0.5) is 0 Å². The Balaban J connectivity index is 1.37. The third kappa shape index (κ3) is 8.32. The Kier molecular flexibility index (Phi) is 11.0. The summed E-state index contributed by atoms with van der Waals surface area (Å²) in [6.07, 6.45) is 2.99. The summed E-state index contributed by atoms with van der Waals surface area (Å²) in [7, 11) is 1.64. The van der Waals surface area contributed by atoms with E-state index in [0.717, 1.165) is 34.1 Å². The number of fused-ring (bicyclic) bond motifs is 1. The molecular formula is C32H37N3O5. The zero-order valence-electron chi connectivity index (χ0n) is 23.4. The molecule has 1 N–H and O–H groups in total. The van der Waals surface area contributed by atoms with Crippen LogP contribution in [-0.2, 0) is 27.1 Å². The molecule has 1 amide bonds. The molecule has 1 heterocycles. The summed E-state index contributed by atoms with van der Waals surface area (Å²) < 4.78 is 22.0. The second-order valence-electron chi connectivity index (χ2n) is 9.38. The van der Waals surface area contributed by atoms with Crippen molar-refractivity contribution in [3.8, 4) is 11.6 Å². The van der Waals surface area contributed by atoms with E-state index >= 15 is 0 Å². The Morgan fingerprint density at radius 2 is 1.62 bits per heavy atom. The highest BCUT2D eigenvalue weighted by atomic mass is 16.5. The van der Waals surface area contributed by atoms with Crippen LogP contribution in [0.15, 0.2) is 66.9 Å². The molecule has 0 bridgehead atoms. The van der Waals surface area contributed by atoms with Gasteiger partial charge in [-0.05, 0) is 53.6 Å². The summed E-state index contributed by atoms with van der Waals surface area (Å²) in [4.78, 5) is 22.0. The van der Waals surface area contributed by atoms with E-state index in [9.17, 15) is 4.79 Å². The Hall–Kier alpha value is -3.85. The summed E-state index contributed by atoms with van der Waals surface area (Å²) in [5, 5.41) is 5.12. The molecule has 1 aromatic heterocycles. The molecule has 40 heavy (non-hydrogen) atoms. The Bertz CT molecular complexity index is 1410. The van der Waals surface area contributed by atoms with Gasteiger partial charge in [-0.2, -0.15) is 4.98 Å². The first-order valence-corrected chi connectivity index (χ1v) is 13.6. The fourth-order valence-electron chi connectivity index (χ4n) is 4.33. The van der Waals surface area contributed by atoms with Gasteiger partial charge < -0.3 is 24.3 Å². The predicted molar refractivity (Wildman–Crippen MR) is 155 cm³/mol.